The van der Waals surface area contributed by atoms with Gasteiger partial charge in [0.25, 0.3) is 0 Å². The van der Waals surface area contributed by atoms with Crippen LogP contribution in [0.5, 0.6) is 0 Å². The van der Waals surface area contributed by atoms with Crippen LogP contribution in [0, 0.1) is 10.1 Å². The van der Waals surface area contributed by atoms with Gasteiger partial charge in [0.1, 0.15) is 3.95 Å². The molecule has 0 radical (unpaired) electrons. The molecule has 0 saturated carbocycles. The van der Waals surface area contributed by atoms with Crippen LogP contribution in [-0.4, -0.2) is 3.95 Å². The third-order valence-electron chi connectivity index (χ3n) is 0. The van der Waals surface area contributed by atoms with Crippen molar-refractivity contribution >= 4 is 16.1 Å². The van der Waals surface area contributed by atoms with Crippen molar-refractivity contribution in [1.29, 1.82) is 0 Å². The Balaban J connectivity index is 0. The molecule has 0 aromatic heterocycles. The Morgan fingerprint density at radius 1 is 1.80 bits per heavy atom. The quantitative estimate of drug-likeness (QED) is 0.166. The summed E-state index contributed by atoms with van der Waals surface area (Å²) in [6.07, 6.45) is 0. The first-order chi connectivity index (χ1) is 1.73. The first-order valence-electron chi connectivity index (χ1n) is 0.534. The molecule has 0 aromatic carbocycles. The minimum Gasteiger partial charge on any atom is -0.252 e. The van der Waals surface area contributed by atoms with Crippen LogP contribution in [0.4, 0.5) is 0 Å². The molecule has 0 rings (SSSR count). The monoisotopic (exact) mass is 148 g/mol. The molecule has 3 nitrogen and oxygen atoms in total. The summed E-state index contributed by atoms with van der Waals surface area (Å²) in [4.78, 5) is 8.72. The largest absolute Gasteiger partial charge is 1.00 e. The van der Waals surface area contributed by atoms with Crippen LogP contribution in [0.15, 0.2) is 0 Å². The summed E-state index contributed by atoms with van der Waals surface area (Å²) >= 11 is 1.99. The zero-order valence-electron chi connectivity index (χ0n) is 2.64. The van der Waals surface area contributed by atoms with Gasteiger partial charge in [-0.15, -0.1) is 0 Å². The Morgan fingerprint density at radius 3 is 1.80 bits per heavy atom. The van der Waals surface area contributed by atoms with Crippen LogP contribution < -0.4 is 29.6 Å². The van der Waals surface area contributed by atoms with Crippen molar-refractivity contribution in [2.24, 2.45) is 0 Å². The molecule has 0 N–H and O–H groups in total. The summed E-state index contributed by atoms with van der Waals surface area (Å²) in [5.74, 6) is 0. The van der Waals surface area contributed by atoms with E-state index in [-0.39, 0.29) is 29.6 Å². The molecular weight excluding hydrogens is 149 g/mol. The molecule has 0 atom stereocenters. The van der Waals surface area contributed by atoms with E-state index in [1.165, 1.54) is 0 Å². The molecule has 0 heterocycles. The maximum atomic E-state index is 8.72. The number of rotatable bonds is 0. The fraction of sp³-hybridized carbons (Fsp3) is 0. The van der Waals surface area contributed by atoms with Gasteiger partial charge in [0.05, 0.1) is 0 Å². The predicted octanol–water partition coefficient (Wildman–Crippen LogP) is -2.42. The summed E-state index contributed by atoms with van der Waals surface area (Å²) < 4.78 is -0.688. The third kappa shape index (κ3) is 52.3. The van der Waals surface area contributed by atoms with Gasteiger partial charge in [0.2, 0.25) is 0 Å². The Kier molecular flexibility index (Phi) is 9.08. The minimum absolute atomic E-state index is 0. The first kappa shape index (κ1) is 9.30. The fourth-order valence-electron chi connectivity index (χ4n) is 0. The smallest absolute Gasteiger partial charge is 0.252 e. The van der Waals surface area contributed by atoms with E-state index < -0.39 is 3.95 Å². The van der Waals surface area contributed by atoms with Gasteiger partial charge in [0.15, 0.2) is 0 Å². The van der Waals surface area contributed by atoms with Crippen LogP contribution in [0.2, 0.25) is 0 Å². The summed E-state index contributed by atoms with van der Waals surface area (Å²) in [5, 5.41) is 8.72. The van der Waals surface area contributed by atoms with Gasteiger partial charge in [-0.05, 0) is 0 Å². The molecule has 0 amide bonds. The van der Waals surface area contributed by atoms with Crippen LogP contribution >= 0.6 is 16.1 Å². The molecule has 0 aliphatic rings. The van der Waals surface area contributed by atoms with Crippen LogP contribution in [0.25, 0.3) is 0 Å². The van der Waals surface area contributed by atoms with Crippen molar-refractivity contribution in [3.8, 4) is 0 Å². The van der Waals surface area contributed by atoms with E-state index in [1.54, 1.807) is 0 Å². The zero-order chi connectivity index (χ0) is 3.58. The van der Waals surface area contributed by atoms with Gasteiger partial charge < -0.3 is 0 Å². The summed E-state index contributed by atoms with van der Waals surface area (Å²) in [7, 11) is 0. The Hall–Kier alpha value is 0.880. The molecule has 0 aliphatic heterocycles. The number of hydrogen-bond donors (Lipinski definition) is 0. The second-order valence-electron chi connectivity index (χ2n) is 0.213. The van der Waals surface area contributed by atoms with Gasteiger partial charge in [-0.2, -0.15) is 0 Å². The molecule has 24 valence electrons. The average molecular weight is 149 g/mol. The number of halogens is 1. The topological polar surface area (TPSA) is 43.1 Å². The van der Waals surface area contributed by atoms with Crippen LogP contribution in [0.1, 0.15) is 0 Å². The molecule has 0 unspecified atom stereocenters. The number of nitrogens with zero attached hydrogens (tertiary/aromatic N) is 1. The summed E-state index contributed by atoms with van der Waals surface area (Å²) in [6, 6.07) is 0. The molecule has 0 aromatic rings. The van der Waals surface area contributed by atoms with Gasteiger partial charge in [-0.3, -0.25) is 10.1 Å². The van der Waals surface area contributed by atoms with Gasteiger partial charge >= 0.3 is 45.7 Å². The summed E-state index contributed by atoms with van der Waals surface area (Å²) in [6.45, 7) is 0. The molecule has 0 fully saturated rings. The van der Waals surface area contributed by atoms with Crippen LogP contribution in [-0.2, 0) is 0 Å². The molecule has 0 bridgehead atoms. The molecule has 5 heteroatoms. The van der Waals surface area contributed by atoms with Crippen molar-refractivity contribution in [2.45, 2.75) is 0 Å². The van der Waals surface area contributed by atoms with Gasteiger partial charge in [0, 0.05) is 0 Å². The molecule has 0 spiro atoms. The third-order valence-corrected chi connectivity index (χ3v) is 0. The second-order valence-corrected chi connectivity index (χ2v) is 0.792. The van der Waals surface area contributed by atoms with E-state index in [1.807, 2.05) is 16.1 Å². The predicted molar refractivity (Wildman–Crippen MR) is 15.9 cm³/mol. The maximum Gasteiger partial charge on any atom is 1.00 e. The van der Waals surface area contributed by atoms with Crippen molar-refractivity contribution in [3.63, 3.8) is 0 Å². The van der Waals surface area contributed by atoms with Crippen molar-refractivity contribution < 1.29 is 33.5 Å². The SMILES string of the molecule is O=[N+]([O-])Br.[Na+]. The van der Waals surface area contributed by atoms with Crippen molar-refractivity contribution in [3.05, 3.63) is 10.1 Å². The van der Waals surface area contributed by atoms with Crippen molar-refractivity contribution in [1.82, 2.24) is 0 Å². The molecule has 0 saturated heterocycles. The standard InChI is InChI=1S/BrNO2.Na/c1-2(3)4;/q;+1. The van der Waals surface area contributed by atoms with Crippen LogP contribution in [0.3, 0.4) is 0 Å². The van der Waals surface area contributed by atoms with Gasteiger partial charge in [-0.1, -0.05) is 0 Å². The Bertz CT molecular complexity index is 32.6. The maximum absolute atomic E-state index is 8.72. The van der Waals surface area contributed by atoms with E-state index in [0.29, 0.717) is 0 Å². The average Bonchev–Trinajstić information content (AvgIpc) is 0.811. The van der Waals surface area contributed by atoms with Gasteiger partial charge in [-0.25, -0.2) is 0 Å². The second kappa shape index (κ2) is 4.88. The minimum atomic E-state index is -0.688. The Morgan fingerprint density at radius 2 is 1.80 bits per heavy atom. The van der Waals surface area contributed by atoms with E-state index in [0.717, 1.165) is 0 Å². The molecular formula is BrNNaO2+. The first-order valence-corrected chi connectivity index (χ1v) is 1.24. The summed E-state index contributed by atoms with van der Waals surface area (Å²) in [5.41, 5.74) is 0. The number of nitro groups is 1. The molecule has 5 heavy (non-hydrogen) atoms. The van der Waals surface area contributed by atoms with E-state index in [4.69, 9.17) is 10.1 Å². The Labute approximate surface area is 59.5 Å². The normalized spacial score (nSPS) is 5.00. The van der Waals surface area contributed by atoms with Crippen molar-refractivity contribution in [2.75, 3.05) is 0 Å². The van der Waals surface area contributed by atoms with E-state index in [2.05, 4.69) is 0 Å². The fourth-order valence-corrected chi connectivity index (χ4v) is 0. The van der Waals surface area contributed by atoms with E-state index in [9.17, 15) is 0 Å². The zero-order valence-corrected chi connectivity index (χ0v) is 6.23. The number of hydrogen-bond acceptors (Lipinski definition) is 2. The van der Waals surface area contributed by atoms with E-state index >= 15 is 0 Å². The molecule has 0 aliphatic carbocycles.